The van der Waals surface area contributed by atoms with Crippen LogP contribution in [0.4, 0.5) is 0 Å². The van der Waals surface area contributed by atoms with Gasteiger partial charge < -0.3 is 10.4 Å². The van der Waals surface area contributed by atoms with E-state index in [0.29, 0.717) is 16.9 Å². The van der Waals surface area contributed by atoms with Crippen LogP contribution in [0.2, 0.25) is 0 Å². The lowest BCUT2D eigenvalue weighted by atomic mass is 9.69. The Balaban J connectivity index is 2.06. The van der Waals surface area contributed by atoms with Gasteiger partial charge in [0.05, 0.1) is 6.10 Å². The summed E-state index contributed by atoms with van der Waals surface area (Å²) in [5.41, 5.74) is 0.913. The second-order valence-corrected chi connectivity index (χ2v) is 6.42. The van der Waals surface area contributed by atoms with E-state index in [9.17, 15) is 5.11 Å². The van der Waals surface area contributed by atoms with Crippen molar-refractivity contribution in [2.75, 3.05) is 6.54 Å². The molecule has 2 heteroatoms. The Morgan fingerprint density at radius 1 is 1.40 bits per heavy atom. The molecule has 2 rings (SSSR count). The third kappa shape index (κ3) is 1.53. The lowest BCUT2D eigenvalue weighted by Crippen LogP contribution is -2.46. The number of nitrogens with one attached hydrogen (secondary N) is 1. The smallest absolute Gasteiger partial charge is 0.0636 e. The Kier molecular flexibility index (Phi) is 2.63. The lowest BCUT2D eigenvalue weighted by molar-refractivity contribution is 0.109. The molecule has 2 aliphatic carbocycles. The minimum atomic E-state index is -0.226. The van der Waals surface area contributed by atoms with Crippen LogP contribution in [0.15, 0.2) is 0 Å². The summed E-state index contributed by atoms with van der Waals surface area (Å²) < 4.78 is 0. The van der Waals surface area contributed by atoms with Gasteiger partial charge in [0, 0.05) is 12.6 Å². The average molecular weight is 211 g/mol. The Morgan fingerprint density at radius 2 is 2.07 bits per heavy atom. The van der Waals surface area contributed by atoms with E-state index in [1.807, 2.05) is 6.92 Å². The van der Waals surface area contributed by atoms with Gasteiger partial charge in [-0.25, -0.2) is 0 Å². The van der Waals surface area contributed by atoms with Gasteiger partial charge in [0.1, 0.15) is 0 Å². The molecule has 15 heavy (non-hydrogen) atoms. The molecule has 0 unspecified atom stereocenters. The van der Waals surface area contributed by atoms with Crippen molar-refractivity contribution < 1.29 is 5.11 Å². The molecule has 0 aromatic carbocycles. The van der Waals surface area contributed by atoms with Gasteiger partial charge in [-0.3, -0.25) is 0 Å². The first kappa shape index (κ1) is 11.4. The third-order valence-corrected chi connectivity index (χ3v) is 5.45. The lowest BCUT2D eigenvalue weighted by Gasteiger charge is -2.39. The maximum atomic E-state index is 9.33. The molecule has 0 amide bonds. The maximum absolute atomic E-state index is 9.33. The van der Waals surface area contributed by atoms with Crippen LogP contribution >= 0.6 is 0 Å². The first-order chi connectivity index (χ1) is 6.88. The zero-order valence-electron chi connectivity index (χ0n) is 10.5. The van der Waals surface area contributed by atoms with Crippen LogP contribution in [0.1, 0.15) is 47.0 Å². The first-order valence-electron chi connectivity index (χ1n) is 6.29. The van der Waals surface area contributed by atoms with Gasteiger partial charge >= 0.3 is 0 Å². The highest BCUT2D eigenvalue weighted by atomic mass is 16.3. The molecular weight excluding hydrogens is 186 g/mol. The Labute approximate surface area is 93.5 Å². The second-order valence-electron chi connectivity index (χ2n) is 6.42. The molecule has 2 saturated carbocycles. The van der Waals surface area contributed by atoms with E-state index in [-0.39, 0.29) is 6.10 Å². The Bertz CT molecular complexity index is 249. The summed E-state index contributed by atoms with van der Waals surface area (Å²) in [4.78, 5) is 0. The van der Waals surface area contributed by atoms with Gasteiger partial charge in [0.2, 0.25) is 0 Å². The average Bonchev–Trinajstić information content (AvgIpc) is 2.46. The monoisotopic (exact) mass is 211 g/mol. The van der Waals surface area contributed by atoms with Crippen LogP contribution in [-0.2, 0) is 0 Å². The molecule has 0 radical (unpaired) electrons. The molecular formula is C13H25NO. The van der Waals surface area contributed by atoms with Crippen molar-refractivity contribution in [2.24, 2.45) is 16.7 Å². The third-order valence-electron chi connectivity index (χ3n) is 5.45. The van der Waals surface area contributed by atoms with Crippen molar-refractivity contribution >= 4 is 0 Å². The van der Waals surface area contributed by atoms with Crippen molar-refractivity contribution in [3.8, 4) is 0 Å². The fourth-order valence-corrected chi connectivity index (χ4v) is 3.83. The van der Waals surface area contributed by atoms with Crippen LogP contribution in [0.5, 0.6) is 0 Å². The Hall–Kier alpha value is -0.0800. The van der Waals surface area contributed by atoms with Gasteiger partial charge in [0.15, 0.2) is 0 Å². The summed E-state index contributed by atoms with van der Waals surface area (Å²) in [6.07, 6.45) is 3.82. The maximum Gasteiger partial charge on any atom is 0.0636 e. The summed E-state index contributed by atoms with van der Waals surface area (Å²) in [6.45, 7) is 9.87. The van der Waals surface area contributed by atoms with Crippen molar-refractivity contribution in [3.05, 3.63) is 0 Å². The molecule has 88 valence electrons. The van der Waals surface area contributed by atoms with Crippen LogP contribution < -0.4 is 5.32 Å². The number of hydrogen-bond acceptors (Lipinski definition) is 2. The predicted octanol–water partition coefficient (Wildman–Crippen LogP) is 2.17. The summed E-state index contributed by atoms with van der Waals surface area (Å²) >= 11 is 0. The van der Waals surface area contributed by atoms with E-state index in [0.717, 1.165) is 12.5 Å². The highest BCUT2D eigenvalue weighted by Crippen LogP contribution is 2.65. The standard InChI is InChI=1S/C13H25NO/c1-9(15)8-14-11-7-10-5-6-13(11,4)12(10,2)3/h9-11,14-15H,5-8H2,1-4H3/t9-,10-,11-,13-/m1/s1. The Morgan fingerprint density at radius 3 is 2.47 bits per heavy atom. The van der Waals surface area contributed by atoms with E-state index in [1.165, 1.54) is 19.3 Å². The normalized spacial score (nSPS) is 44.6. The molecule has 2 fully saturated rings. The zero-order valence-corrected chi connectivity index (χ0v) is 10.5. The number of aliphatic hydroxyl groups excluding tert-OH is 1. The van der Waals surface area contributed by atoms with Gasteiger partial charge in [-0.05, 0) is 42.9 Å². The molecule has 2 aliphatic rings. The van der Waals surface area contributed by atoms with E-state index < -0.39 is 0 Å². The quantitative estimate of drug-likeness (QED) is 0.750. The summed E-state index contributed by atoms with van der Waals surface area (Å²) in [5, 5.41) is 12.9. The SMILES string of the molecule is C[C@@H](O)CN[C@@H]1C[C@H]2CC[C@@]1(C)C2(C)C. The molecule has 0 saturated heterocycles. The summed E-state index contributed by atoms with van der Waals surface area (Å²) in [7, 11) is 0. The van der Waals surface area contributed by atoms with E-state index in [4.69, 9.17) is 0 Å². The molecule has 0 spiro atoms. The van der Waals surface area contributed by atoms with Crippen molar-refractivity contribution in [1.29, 1.82) is 0 Å². The van der Waals surface area contributed by atoms with Crippen LogP contribution in [0.3, 0.4) is 0 Å². The topological polar surface area (TPSA) is 32.3 Å². The van der Waals surface area contributed by atoms with Crippen molar-refractivity contribution in [2.45, 2.75) is 59.1 Å². The van der Waals surface area contributed by atoms with Crippen LogP contribution in [0.25, 0.3) is 0 Å². The van der Waals surface area contributed by atoms with Crippen molar-refractivity contribution in [3.63, 3.8) is 0 Å². The highest BCUT2D eigenvalue weighted by molar-refractivity contribution is 5.12. The minimum absolute atomic E-state index is 0.226. The van der Waals surface area contributed by atoms with E-state index in [2.05, 4.69) is 26.1 Å². The molecule has 4 atom stereocenters. The molecule has 0 aromatic rings. The summed E-state index contributed by atoms with van der Waals surface area (Å²) in [6, 6.07) is 0.612. The minimum Gasteiger partial charge on any atom is -0.392 e. The second kappa shape index (κ2) is 3.46. The highest BCUT2D eigenvalue weighted by Gasteiger charge is 2.60. The number of fused-ring (bicyclic) bond motifs is 2. The molecule has 2 nitrogen and oxygen atoms in total. The molecule has 2 bridgehead atoms. The number of rotatable bonds is 3. The van der Waals surface area contributed by atoms with Crippen LogP contribution in [-0.4, -0.2) is 23.8 Å². The fraction of sp³-hybridized carbons (Fsp3) is 1.00. The van der Waals surface area contributed by atoms with Crippen LogP contribution in [0, 0.1) is 16.7 Å². The van der Waals surface area contributed by atoms with Gasteiger partial charge in [-0.1, -0.05) is 20.8 Å². The molecule has 0 heterocycles. The van der Waals surface area contributed by atoms with Gasteiger partial charge in [0.25, 0.3) is 0 Å². The first-order valence-corrected chi connectivity index (χ1v) is 6.29. The zero-order chi connectivity index (χ0) is 11.3. The number of hydrogen-bond donors (Lipinski definition) is 2. The van der Waals surface area contributed by atoms with Gasteiger partial charge in [-0.15, -0.1) is 0 Å². The molecule has 2 N–H and O–H groups in total. The van der Waals surface area contributed by atoms with E-state index >= 15 is 0 Å². The number of aliphatic hydroxyl groups is 1. The van der Waals surface area contributed by atoms with E-state index in [1.54, 1.807) is 0 Å². The molecule has 0 aliphatic heterocycles. The van der Waals surface area contributed by atoms with Gasteiger partial charge in [-0.2, -0.15) is 0 Å². The summed E-state index contributed by atoms with van der Waals surface area (Å²) in [5.74, 6) is 0.883. The molecule has 0 aromatic heterocycles. The largest absolute Gasteiger partial charge is 0.392 e. The van der Waals surface area contributed by atoms with Crippen molar-refractivity contribution in [1.82, 2.24) is 5.32 Å². The fourth-order valence-electron chi connectivity index (χ4n) is 3.83. The predicted molar refractivity (Wildman–Crippen MR) is 62.7 cm³/mol.